The van der Waals surface area contributed by atoms with Gasteiger partial charge in [0.15, 0.2) is 5.82 Å². The summed E-state index contributed by atoms with van der Waals surface area (Å²) in [6.45, 7) is 0. The molecule has 0 aliphatic rings. The number of carboxylic acid groups (broad SMARTS) is 1. The Hall–Kier alpha value is -1.79. The lowest BCUT2D eigenvalue weighted by Crippen LogP contribution is -2.10. The molecule has 82 valence electrons. The maximum Gasteiger partial charge on any atom is 0.309 e. The molecule has 0 bridgehead atoms. The van der Waals surface area contributed by atoms with E-state index >= 15 is 0 Å². The highest BCUT2D eigenvalue weighted by atomic mass is 19.3. The molecule has 1 rings (SSSR count). The van der Waals surface area contributed by atoms with Gasteiger partial charge in [0.25, 0.3) is 6.43 Å². The second-order valence-corrected chi connectivity index (χ2v) is 2.76. The van der Waals surface area contributed by atoms with Crippen molar-refractivity contribution in [1.82, 2.24) is 4.98 Å². The summed E-state index contributed by atoms with van der Waals surface area (Å²) in [5.41, 5.74) is 2.96. The minimum Gasteiger partial charge on any atom is -0.481 e. The molecule has 0 aromatic carbocycles. The first kappa shape index (κ1) is 11.3. The molecule has 1 aromatic rings. The van der Waals surface area contributed by atoms with Crippen LogP contribution in [0.3, 0.4) is 0 Å². The lowest BCUT2D eigenvalue weighted by Gasteiger charge is -2.08. The largest absolute Gasteiger partial charge is 0.481 e. The number of pyridine rings is 1. The van der Waals surface area contributed by atoms with Crippen LogP contribution >= 0.6 is 0 Å². The summed E-state index contributed by atoms with van der Waals surface area (Å²) in [5, 5.41) is 8.39. The highest BCUT2D eigenvalue weighted by Crippen LogP contribution is 2.27. The van der Waals surface area contributed by atoms with Crippen molar-refractivity contribution >= 4 is 11.7 Å². The van der Waals surface area contributed by atoms with E-state index in [0.717, 1.165) is 6.20 Å². The molecule has 3 N–H and O–H groups in total. The number of nitrogens with zero attached hydrogens (tertiary/aromatic N) is 1. The molecule has 0 spiro atoms. The van der Waals surface area contributed by atoms with E-state index < -0.39 is 41.6 Å². The SMILES string of the molecule is Nc1cnc(CC(=O)O)c(C(F)F)c1F. The van der Waals surface area contributed by atoms with Gasteiger partial charge in [0.1, 0.15) is 0 Å². The van der Waals surface area contributed by atoms with Crippen molar-refractivity contribution in [3.05, 3.63) is 23.3 Å². The lowest BCUT2D eigenvalue weighted by molar-refractivity contribution is -0.136. The van der Waals surface area contributed by atoms with Crippen LogP contribution in [0, 0.1) is 5.82 Å². The van der Waals surface area contributed by atoms with E-state index in [1.807, 2.05) is 0 Å². The molecule has 0 saturated carbocycles. The summed E-state index contributed by atoms with van der Waals surface area (Å²) < 4.78 is 37.9. The molecular formula is C8H7F3N2O2. The highest BCUT2D eigenvalue weighted by Gasteiger charge is 2.22. The Morgan fingerprint density at radius 3 is 2.67 bits per heavy atom. The Morgan fingerprint density at radius 1 is 1.60 bits per heavy atom. The van der Waals surface area contributed by atoms with Gasteiger partial charge in [0.2, 0.25) is 0 Å². The van der Waals surface area contributed by atoms with Gasteiger partial charge in [-0.1, -0.05) is 0 Å². The highest BCUT2D eigenvalue weighted by molar-refractivity contribution is 5.70. The van der Waals surface area contributed by atoms with Crippen LogP contribution in [-0.2, 0) is 11.2 Å². The van der Waals surface area contributed by atoms with Gasteiger partial charge in [0.05, 0.1) is 29.6 Å². The number of aliphatic carboxylic acids is 1. The molecule has 4 nitrogen and oxygen atoms in total. The van der Waals surface area contributed by atoms with Gasteiger partial charge in [-0.15, -0.1) is 0 Å². The molecule has 0 atom stereocenters. The normalized spacial score (nSPS) is 10.7. The number of nitrogen functional groups attached to an aromatic ring is 1. The first-order chi connectivity index (χ1) is 6.93. The van der Waals surface area contributed by atoms with Crippen LogP contribution in [0.1, 0.15) is 17.7 Å². The molecule has 0 radical (unpaired) electrons. The fourth-order valence-electron chi connectivity index (χ4n) is 1.06. The minimum atomic E-state index is -3.14. The number of carbonyl (C=O) groups is 1. The molecule has 0 saturated heterocycles. The zero-order valence-corrected chi connectivity index (χ0v) is 7.38. The van der Waals surface area contributed by atoms with Gasteiger partial charge in [-0.05, 0) is 0 Å². The molecule has 0 amide bonds. The van der Waals surface area contributed by atoms with Crippen LogP contribution in [0.25, 0.3) is 0 Å². The van der Waals surface area contributed by atoms with Gasteiger partial charge >= 0.3 is 5.97 Å². The predicted molar refractivity (Wildman–Crippen MR) is 44.9 cm³/mol. The van der Waals surface area contributed by atoms with Crippen LogP contribution < -0.4 is 5.73 Å². The van der Waals surface area contributed by atoms with Crippen molar-refractivity contribution < 1.29 is 23.1 Å². The number of carboxylic acids is 1. The van der Waals surface area contributed by atoms with Crippen molar-refractivity contribution in [2.75, 3.05) is 5.73 Å². The van der Waals surface area contributed by atoms with Crippen molar-refractivity contribution in [2.24, 2.45) is 0 Å². The summed E-state index contributed by atoms with van der Waals surface area (Å²) in [5.74, 6) is -2.68. The third-order valence-electron chi connectivity index (χ3n) is 1.70. The zero-order chi connectivity index (χ0) is 11.6. The van der Waals surface area contributed by atoms with Crippen LogP contribution in [0.15, 0.2) is 6.20 Å². The standard InChI is InChI=1S/C8H7F3N2O2/c9-7-3(12)2-13-4(1-5(14)15)6(7)8(10)11/h2,8H,1,12H2,(H,14,15). The van der Waals surface area contributed by atoms with Gasteiger partial charge in [0, 0.05) is 0 Å². The van der Waals surface area contributed by atoms with Crippen molar-refractivity contribution in [3.8, 4) is 0 Å². The summed E-state index contributed by atoms with van der Waals surface area (Å²) in [6.07, 6.45) is -3.09. The Bertz CT molecular complexity index is 396. The second-order valence-electron chi connectivity index (χ2n) is 2.76. The minimum absolute atomic E-state index is 0.510. The van der Waals surface area contributed by atoms with Crippen molar-refractivity contribution in [1.29, 1.82) is 0 Å². The number of hydrogen-bond donors (Lipinski definition) is 2. The van der Waals surface area contributed by atoms with Crippen LogP contribution in [-0.4, -0.2) is 16.1 Å². The second kappa shape index (κ2) is 4.16. The average molecular weight is 220 g/mol. The number of hydrogen-bond acceptors (Lipinski definition) is 3. The third-order valence-corrected chi connectivity index (χ3v) is 1.70. The molecule has 0 aliphatic carbocycles. The Morgan fingerprint density at radius 2 is 2.20 bits per heavy atom. The zero-order valence-electron chi connectivity index (χ0n) is 7.38. The van der Waals surface area contributed by atoms with E-state index in [1.165, 1.54) is 0 Å². The number of alkyl halides is 2. The fourth-order valence-corrected chi connectivity index (χ4v) is 1.06. The maximum atomic E-state index is 13.1. The number of nitrogens with two attached hydrogens (primary N) is 1. The van der Waals surface area contributed by atoms with Crippen molar-refractivity contribution in [2.45, 2.75) is 12.8 Å². The fraction of sp³-hybridized carbons (Fsp3) is 0.250. The summed E-state index contributed by atoms with van der Waals surface area (Å²) >= 11 is 0. The number of aromatic nitrogens is 1. The summed E-state index contributed by atoms with van der Waals surface area (Å²) in [6, 6.07) is 0. The van der Waals surface area contributed by atoms with Gasteiger partial charge in [-0.3, -0.25) is 9.78 Å². The topological polar surface area (TPSA) is 76.2 Å². The predicted octanol–water partition coefficient (Wildman–Crippen LogP) is 1.37. The number of halogens is 3. The molecule has 7 heteroatoms. The Kier molecular flexibility index (Phi) is 3.13. The third kappa shape index (κ3) is 2.36. The molecule has 0 fully saturated rings. The number of anilines is 1. The smallest absolute Gasteiger partial charge is 0.309 e. The molecule has 1 aromatic heterocycles. The van der Waals surface area contributed by atoms with Gasteiger partial charge < -0.3 is 10.8 Å². The molecule has 0 unspecified atom stereocenters. The lowest BCUT2D eigenvalue weighted by atomic mass is 10.1. The number of rotatable bonds is 3. The van der Waals surface area contributed by atoms with E-state index in [9.17, 15) is 18.0 Å². The summed E-state index contributed by atoms with van der Waals surface area (Å²) in [4.78, 5) is 13.7. The monoisotopic (exact) mass is 220 g/mol. The van der Waals surface area contributed by atoms with E-state index in [1.54, 1.807) is 0 Å². The van der Waals surface area contributed by atoms with Crippen LogP contribution in [0.2, 0.25) is 0 Å². The first-order valence-corrected chi connectivity index (χ1v) is 3.86. The molecule has 15 heavy (non-hydrogen) atoms. The summed E-state index contributed by atoms with van der Waals surface area (Å²) in [7, 11) is 0. The van der Waals surface area contributed by atoms with E-state index in [-0.39, 0.29) is 0 Å². The van der Waals surface area contributed by atoms with Crippen LogP contribution in [0.5, 0.6) is 0 Å². The van der Waals surface area contributed by atoms with E-state index in [4.69, 9.17) is 10.8 Å². The maximum absolute atomic E-state index is 13.1. The Balaban J connectivity index is 3.26. The van der Waals surface area contributed by atoms with E-state index in [2.05, 4.69) is 4.98 Å². The van der Waals surface area contributed by atoms with E-state index in [0.29, 0.717) is 0 Å². The molecular weight excluding hydrogens is 213 g/mol. The molecule has 1 heterocycles. The Labute approximate surface area is 82.5 Å². The van der Waals surface area contributed by atoms with Crippen molar-refractivity contribution in [3.63, 3.8) is 0 Å². The van der Waals surface area contributed by atoms with Gasteiger partial charge in [-0.25, -0.2) is 13.2 Å². The first-order valence-electron chi connectivity index (χ1n) is 3.86. The van der Waals surface area contributed by atoms with Crippen LogP contribution in [0.4, 0.5) is 18.9 Å². The quantitative estimate of drug-likeness (QED) is 0.806. The van der Waals surface area contributed by atoms with Gasteiger partial charge in [-0.2, -0.15) is 0 Å². The average Bonchev–Trinajstić information content (AvgIpc) is 2.10. The molecule has 0 aliphatic heterocycles.